The summed E-state index contributed by atoms with van der Waals surface area (Å²) in [6.07, 6.45) is 0.332. The number of nitrogens with zero attached hydrogens (tertiary/aromatic N) is 2. The molecule has 0 aromatic rings. The molecule has 0 amide bonds. The van der Waals surface area contributed by atoms with Crippen molar-refractivity contribution in [2.24, 2.45) is 5.73 Å². The van der Waals surface area contributed by atoms with E-state index in [1.165, 1.54) is 19.3 Å². The molecule has 0 spiro atoms. The Morgan fingerprint density at radius 1 is 1.11 bits per heavy atom. The van der Waals surface area contributed by atoms with Crippen LogP contribution in [0.3, 0.4) is 0 Å². The number of halogens is 3. The van der Waals surface area contributed by atoms with Crippen molar-refractivity contribution in [2.45, 2.75) is 50.4 Å². The number of hydrogen-bond acceptors (Lipinski definition) is 3. The van der Waals surface area contributed by atoms with E-state index in [0.29, 0.717) is 19.1 Å². The SMILES string of the molecule is NCCC(N1CCC(N2CCCCC2)C1)C(F)(F)F. The van der Waals surface area contributed by atoms with Gasteiger partial charge in [0.15, 0.2) is 0 Å². The minimum Gasteiger partial charge on any atom is -0.330 e. The number of hydrogen-bond donors (Lipinski definition) is 1. The summed E-state index contributed by atoms with van der Waals surface area (Å²) in [7, 11) is 0. The molecule has 2 heterocycles. The second-order valence-corrected chi connectivity index (χ2v) is 5.67. The van der Waals surface area contributed by atoms with E-state index in [1.54, 1.807) is 4.90 Å². The maximum atomic E-state index is 13.0. The van der Waals surface area contributed by atoms with Gasteiger partial charge in [-0.2, -0.15) is 13.2 Å². The zero-order chi connectivity index (χ0) is 13.9. The van der Waals surface area contributed by atoms with Crippen LogP contribution in [0.15, 0.2) is 0 Å². The predicted molar refractivity (Wildman–Crippen MR) is 68.9 cm³/mol. The lowest BCUT2D eigenvalue weighted by molar-refractivity contribution is -0.182. The quantitative estimate of drug-likeness (QED) is 0.852. The van der Waals surface area contributed by atoms with Gasteiger partial charge in [0.2, 0.25) is 0 Å². The molecule has 3 nitrogen and oxygen atoms in total. The third-order valence-corrected chi connectivity index (χ3v) is 4.36. The predicted octanol–water partition coefficient (Wildman–Crippen LogP) is 1.83. The van der Waals surface area contributed by atoms with Gasteiger partial charge in [0.1, 0.15) is 6.04 Å². The number of likely N-dealkylation sites (tertiary alicyclic amines) is 2. The van der Waals surface area contributed by atoms with E-state index in [4.69, 9.17) is 5.73 Å². The molecule has 0 bridgehead atoms. The summed E-state index contributed by atoms with van der Waals surface area (Å²) in [5.41, 5.74) is 5.33. The number of alkyl halides is 3. The average molecular weight is 279 g/mol. The molecule has 0 aromatic heterocycles. The Labute approximate surface area is 112 Å². The molecule has 0 aliphatic carbocycles. The van der Waals surface area contributed by atoms with Crippen molar-refractivity contribution in [3.8, 4) is 0 Å². The highest BCUT2D eigenvalue weighted by Crippen LogP contribution is 2.31. The maximum absolute atomic E-state index is 13.0. The van der Waals surface area contributed by atoms with E-state index in [-0.39, 0.29) is 13.0 Å². The van der Waals surface area contributed by atoms with E-state index in [0.717, 1.165) is 19.5 Å². The summed E-state index contributed by atoms with van der Waals surface area (Å²) in [6.45, 7) is 3.28. The molecule has 6 heteroatoms. The van der Waals surface area contributed by atoms with E-state index in [9.17, 15) is 13.2 Å². The van der Waals surface area contributed by atoms with Crippen LogP contribution in [0.25, 0.3) is 0 Å². The standard InChI is InChI=1S/C13H24F3N3/c14-13(15,16)12(4-6-17)19-9-5-11(10-19)18-7-2-1-3-8-18/h11-12H,1-10,17H2. The van der Waals surface area contributed by atoms with Crippen LogP contribution in [-0.4, -0.2) is 60.8 Å². The fraction of sp³-hybridized carbons (Fsp3) is 1.00. The van der Waals surface area contributed by atoms with Crippen LogP contribution in [0.5, 0.6) is 0 Å². The van der Waals surface area contributed by atoms with Gasteiger partial charge in [-0.15, -0.1) is 0 Å². The number of piperidine rings is 1. The van der Waals surface area contributed by atoms with Gasteiger partial charge in [-0.1, -0.05) is 6.42 Å². The van der Waals surface area contributed by atoms with Crippen LogP contribution in [0.1, 0.15) is 32.1 Å². The first-order valence-corrected chi connectivity index (χ1v) is 7.27. The highest BCUT2D eigenvalue weighted by Gasteiger charge is 2.45. The summed E-state index contributed by atoms with van der Waals surface area (Å²) in [4.78, 5) is 3.96. The molecule has 112 valence electrons. The highest BCUT2D eigenvalue weighted by molar-refractivity contribution is 4.90. The summed E-state index contributed by atoms with van der Waals surface area (Å²) >= 11 is 0. The molecule has 2 rings (SSSR count). The Morgan fingerprint density at radius 3 is 2.37 bits per heavy atom. The second kappa shape index (κ2) is 6.41. The first-order valence-electron chi connectivity index (χ1n) is 7.27. The molecule has 0 radical (unpaired) electrons. The normalized spacial score (nSPS) is 28.7. The van der Waals surface area contributed by atoms with Gasteiger partial charge in [0, 0.05) is 19.1 Å². The van der Waals surface area contributed by atoms with Crippen LogP contribution >= 0.6 is 0 Å². The summed E-state index contributed by atoms with van der Waals surface area (Å²) in [5, 5.41) is 0. The van der Waals surface area contributed by atoms with Gasteiger partial charge in [0.25, 0.3) is 0 Å². The zero-order valence-corrected chi connectivity index (χ0v) is 11.3. The molecule has 2 aliphatic rings. The van der Waals surface area contributed by atoms with Crippen LogP contribution in [0.2, 0.25) is 0 Å². The molecule has 2 saturated heterocycles. The minimum atomic E-state index is -4.16. The van der Waals surface area contributed by atoms with E-state index < -0.39 is 12.2 Å². The molecule has 2 fully saturated rings. The fourth-order valence-electron chi connectivity index (χ4n) is 3.34. The average Bonchev–Trinajstić information content (AvgIpc) is 2.84. The third kappa shape index (κ3) is 3.83. The van der Waals surface area contributed by atoms with Gasteiger partial charge in [0.05, 0.1) is 0 Å². The Hall–Kier alpha value is -0.330. The lowest BCUT2D eigenvalue weighted by Gasteiger charge is -2.34. The molecule has 2 atom stereocenters. The Bertz CT molecular complexity index is 277. The van der Waals surface area contributed by atoms with Crippen molar-refractivity contribution < 1.29 is 13.2 Å². The molecule has 2 unspecified atom stereocenters. The number of rotatable bonds is 4. The van der Waals surface area contributed by atoms with Crippen molar-refractivity contribution in [3.05, 3.63) is 0 Å². The third-order valence-electron chi connectivity index (χ3n) is 4.36. The lowest BCUT2D eigenvalue weighted by atomic mass is 10.1. The second-order valence-electron chi connectivity index (χ2n) is 5.67. The van der Waals surface area contributed by atoms with Crippen molar-refractivity contribution in [3.63, 3.8) is 0 Å². The van der Waals surface area contributed by atoms with E-state index in [2.05, 4.69) is 4.90 Å². The first kappa shape index (κ1) is 15.1. The Kier molecular flexibility index (Phi) is 5.09. The zero-order valence-electron chi connectivity index (χ0n) is 11.3. The Balaban J connectivity index is 1.91. The topological polar surface area (TPSA) is 32.5 Å². The largest absolute Gasteiger partial charge is 0.404 e. The Morgan fingerprint density at radius 2 is 1.79 bits per heavy atom. The van der Waals surface area contributed by atoms with Crippen molar-refractivity contribution in [1.29, 1.82) is 0 Å². The molecular weight excluding hydrogens is 255 g/mol. The monoisotopic (exact) mass is 279 g/mol. The molecular formula is C13H24F3N3. The van der Waals surface area contributed by atoms with E-state index >= 15 is 0 Å². The van der Waals surface area contributed by atoms with Gasteiger partial charge < -0.3 is 5.73 Å². The van der Waals surface area contributed by atoms with Gasteiger partial charge in [-0.05, 0) is 45.3 Å². The van der Waals surface area contributed by atoms with E-state index in [1.807, 2.05) is 0 Å². The van der Waals surface area contributed by atoms with Gasteiger partial charge >= 0.3 is 6.18 Å². The lowest BCUT2D eigenvalue weighted by Crippen LogP contribution is -2.48. The first-order chi connectivity index (χ1) is 9.02. The summed E-state index contributed by atoms with van der Waals surface area (Å²) in [5.74, 6) is 0. The minimum absolute atomic E-state index is 0.0101. The highest BCUT2D eigenvalue weighted by atomic mass is 19.4. The number of nitrogens with two attached hydrogens (primary N) is 1. The summed E-state index contributed by atoms with van der Waals surface area (Å²) < 4.78 is 39.1. The summed E-state index contributed by atoms with van der Waals surface area (Å²) in [6, 6.07) is -1.05. The maximum Gasteiger partial charge on any atom is 0.404 e. The smallest absolute Gasteiger partial charge is 0.330 e. The van der Waals surface area contributed by atoms with Crippen LogP contribution < -0.4 is 5.73 Å². The molecule has 2 aliphatic heterocycles. The fourth-order valence-corrected chi connectivity index (χ4v) is 3.34. The molecule has 19 heavy (non-hydrogen) atoms. The van der Waals surface area contributed by atoms with Crippen LogP contribution in [0, 0.1) is 0 Å². The van der Waals surface area contributed by atoms with Crippen LogP contribution in [-0.2, 0) is 0 Å². The van der Waals surface area contributed by atoms with Crippen molar-refractivity contribution >= 4 is 0 Å². The molecule has 0 saturated carbocycles. The molecule has 0 aromatic carbocycles. The van der Waals surface area contributed by atoms with Gasteiger partial charge in [-0.3, -0.25) is 9.80 Å². The molecule has 2 N–H and O–H groups in total. The van der Waals surface area contributed by atoms with Crippen molar-refractivity contribution in [2.75, 3.05) is 32.7 Å². The van der Waals surface area contributed by atoms with Crippen molar-refractivity contribution in [1.82, 2.24) is 9.80 Å². The van der Waals surface area contributed by atoms with Crippen LogP contribution in [0.4, 0.5) is 13.2 Å². The van der Waals surface area contributed by atoms with Gasteiger partial charge in [-0.25, -0.2) is 0 Å².